The number of fused-ring (bicyclic) bond motifs is 1. The summed E-state index contributed by atoms with van der Waals surface area (Å²) in [5.74, 6) is 0. The zero-order valence-electron chi connectivity index (χ0n) is 11.3. The van der Waals surface area contributed by atoms with Crippen LogP contribution < -0.4 is 5.73 Å². The van der Waals surface area contributed by atoms with E-state index in [0.717, 1.165) is 29.8 Å². The smallest absolute Gasteiger partial charge is 0.0438 e. The van der Waals surface area contributed by atoms with Crippen LogP contribution in [0.2, 0.25) is 5.02 Å². The monoisotopic (exact) mass is 303 g/mol. The lowest BCUT2D eigenvalue weighted by Crippen LogP contribution is -2.27. The maximum Gasteiger partial charge on any atom is 0.0438 e. The number of thioether (sulfide) groups is 1. The van der Waals surface area contributed by atoms with Crippen molar-refractivity contribution in [1.82, 2.24) is 0 Å². The third kappa shape index (κ3) is 3.20. The summed E-state index contributed by atoms with van der Waals surface area (Å²) >= 11 is 8.16. The van der Waals surface area contributed by atoms with E-state index in [-0.39, 0.29) is 6.04 Å². The van der Waals surface area contributed by atoms with Crippen LogP contribution in [0.15, 0.2) is 53.4 Å². The summed E-state index contributed by atoms with van der Waals surface area (Å²) in [6.45, 7) is 0. The Morgan fingerprint density at radius 2 is 1.90 bits per heavy atom. The summed E-state index contributed by atoms with van der Waals surface area (Å²) in [5.41, 5.74) is 8.94. The highest BCUT2D eigenvalue weighted by Crippen LogP contribution is 2.38. The van der Waals surface area contributed by atoms with Gasteiger partial charge in [-0.15, -0.1) is 11.8 Å². The second-order valence-electron chi connectivity index (χ2n) is 5.34. The van der Waals surface area contributed by atoms with Crippen molar-refractivity contribution in [2.45, 2.75) is 35.4 Å². The lowest BCUT2D eigenvalue weighted by molar-refractivity contribution is 0.594. The number of halogens is 1. The molecule has 3 rings (SSSR count). The molecule has 1 heterocycles. The molecule has 1 aliphatic rings. The van der Waals surface area contributed by atoms with E-state index in [1.807, 2.05) is 30.0 Å². The first-order valence-corrected chi connectivity index (χ1v) is 8.21. The Bertz CT molecular complexity index is 574. The van der Waals surface area contributed by atoms with Gasteiger partial charge in [0.15, 0.2) is 0 Å². The summed E-state index contributed by atoms with van der Waals surface area (Å²) in [4.78, 5) is 1.42. The zero-order valence-corrected chi connectivity index (χ0v) is 12.8. The molecule has 2 atom stereocenters. The van der Waals surface area contributed by atoms with Crippen LogP contribution in [0.1, 0.15) is 17.5 Å². The average molecular weight is 304 g/mol. The van der Waals surface area contributed by atoms with Crippen LogP contribution in [0.4, 0.5) is 0 Å². The quantitative estimate of drug-likeness (QED) is 0.910. The number of rotatable bonds is 4. The number of hydrogen-bond acceptors (Lipinski definition) is 2. The van der Waals surface area contributed by atoms with Gasteiger partial charge in [-0.25, -0.2) is 0 Å². The Morgan fingerprint density at radius 1 is 1.15 bits per heavy atom. The largest absolute Gasteiger partial charge is 0.327 e. The van der Waals surface area contributed by atoms with Gasteiger partial charge in [-0.3, -0.25) is 0 Å². The van der Waals surface area contributed by atoms with Gasteiger partial charge >= 0.3 is 0 Å². The topological polar surface area (TPSA) is 26.0 Å². The fraction of sp³-hybridized carbons (Fsp3) is 0.294. The minimum Gasteiger partial charge on any atom is -0.327 e. The number of benzene rings is 2. The van der Waals surface area contributed by atoms with E-state index in [1.165, 1.54) is 10.5 Å². The highest BCUT2D eigenvalue weighted by molar-refractivity contribution is 8.00. The lowest BCUT2D eigenvalue weighted by Gasteiger charge is -2.16. The van der Waals surface area contributed by atoms with Crippen LogP contribution in [0.25, 0.3) is 0 Å². The predicted molar refractivity (Wildman–Crippen MR) is 87.5 cm³/mol. The van der Waals surface area contributed by atoms with Crippen LogP contribution in [0.3, 0.4) is 0 Å². The normalized spacial score (nSPS) is 18.8. The molecular weight excluding hydrogens is 286 g/mol. The molecule has 1 aliphatic heterocycles. The van der Waals surface area contributed by atoms with Crippen molar-refractivity contribution < 1.29 is 0 Å². The minimum atomic E-state index is 0.168. The van der Waals surface area contributed by atoms with Crippen LogP contribution in [-0.4, -0.2) is 11.3 Å². The van der Waals surface area contributed by atoms with Gasteiger partial charge in [0.1, 0.15) is 0 Å². The average Bonchev–Trinajstić information content (AvgIpc) is 2.83. The summed E-state index contributed by atoms with van der Waals surface area (Å²) in [6.07, 6.45) is 3.02. The fourth-order valence-corrected chi connectivity index (χ4v) is 4.39. The molecule has 0 amide bonds. The Kier molecular flexibility index (Phi) is 4.35. The highest BCUT2D eigenvalue weighted by atomic mass is 35.5. The van der Waals surface area contributed by atoms with E-state index >= 15 is 0 Å². The molecule has 2 N–H and O–H groups in total. The van der Waals surface area contributed by atoms with E-state index in [2.05, 4.69) is 30.3 Å². The fourth-order valence-electron chi connectivity index (χ4n) is 2.75. The third-order valence-corrected chi connectivity index (χ3v) is 5.43. The van der Waals surface area contributed by atoms with E-state index < -0.39 is 0 Å². The molecule has 0 aliphatic carbocycles. The Labute approximate surface area is 129 Å². The summed E-state index contributed by atoms with van der Waals surface area (Å²) in [5, 5.41) is 1.43. The SMILES string of the molecule is NC(Cc1ccccc1Cl)CC1Cc2ccccc2S1. The van der Waals surface area contributed by atoms with Gasteiger partial charge in [0.25, 0.3) is 0 Å². The van der Waals surface area contributed by atoms with Crippen molar-refractivity contribution in [2.24, 2.45) is 5.73 Å². The first kappa shape index (κ1) is 14.0. The van der Waals surface area contributed by atoms with Gasteiger partial charge in [-0.2, -0.15) is 0 Å². The van der Waals surface area contributed by atoms with Gasteiger partial charge in [0.2, 0.25) is 0 Å². The first-order valence-electron chi connectivity index (χ1n) is 6.96. The van der Waals surface area contributed by atoms with Crippen molar-refractivity contribution in [3.05, 3.63) is 64.7 Å². The van der Waals surface area contributed by atoms with Crippen LogP contribution in [-0.2, 0) is 12.8 Å². The molecule has 0 aromatic heterocycles. The summed E-state index contributed by atoms with van der Waals surface area (Å²) in [7, 11) is 0. The first-order chi connectivity index (χ1) is 9.72. The molecule has 0 radical (unpaired) electrons. The van der Waals surface area contributed by atoms with E-state index in [0.29, 0.717) is 5.25 Å². The highest BCUT2D eigenvalue weighted by Gasteiger charge is 2.23. The molecule has 20 heavy (non-hydrogen) atoms. The van der Waals surface area contributed by atoms with Crippen molar-refractivity contribution in [3.8, 4) is 0 Å². The summed E-state index contributed by atoms with van der Waals surface area (Å²) in [6, 6.07) is 16.8. The van der Waals surface area contributed by atoms with Crippen molar-refractivity contribution in [3.63, 3.8) is 0 Å². The molecule has 0 bridgehead atoms. The zero-order chi connectivity index (χ0) is 13.9. The van der Waals surface area contributed by atoms with Gasteiger partial charge in [0, 0.05) is 21.2 Å². The standard InChI is InChI=1S/C17H18ClNS/c18-16-7-3-1-5-12(16)9-14(19)11-15-10-13-6-2-4-8-17(13)20-15/h1-8,14-15H,9-11,19H2. The van der Waals surface area contributed by atoms with E-state index in [1.54, 1.807) is 0 Å². The second kappa shape index (κ2) is 6.21. The van der Waals surface area contributed by atoms with Crippen LogP contribution >= 0.6 is 23.4 Å². The molecule has 0 saturated carbocycles. The van der Waals surface area contributed by atoms with Gasteiger partial charge in [-0.05, 0) is 42.5 Å². The third-order valence-electron chi connectivity index (χ3n) is 3.72. The molecule has 2 aromatic rings. The molecular formula is C17H18ClNS. The van der Waals surface area contributed by atoms with Crippen molar-refractivity contribution in [2.75, 3.05) is 0 Å². The molecule has 2 unspecified atom stereocenters. The van der Waals surface area contributed by atoms with E-state index in [4.69, 9.17) is 17.3 Å². The molecule has 0 fully saturated rings. The molecule has 1 nitrogen and oxygen atoms in total. The van der Waals surface area contributed by atoms with Crippen molar-refractivity contribution >= 4 is 23.4 Å². The Morgan fingerprint density at radius 3 is 2.70 bits per heavy atom. The van der Waals surface area contributed by atoms with Gasteiger partial charge in [-0.1, -0.05) is 48.0 Å². The van der Waals surface area contributed by atoms with E-state index in [9.17, 15) is 0 Å². The molecule has 3 heteroatoms. The maximum absolute atomic E-state index is 6.32. The second-order valence-corrected chi connectivity index (χ2v) is 7.09. The van der Waals surface area contributed by atoms with Crippen LogP contribution in [0.5, 0.6) is 0 Å². The molecule has 2 aromatic carbocycles. The predicted octanol–water partition coefficient (Wildman–Crippen LogP) is 4.32. The molecule has 0 saturated heterocycles. The van der Waals surface area contributed by atoms with Gasteiger partial charge in [0.05, 0.1) is 0 Å². The number of nitrogens with two attached hydrogens (primary N) is 1. The van der Waals surface area contributed by atoms with Crippen molar-refractivity contribution in [1.29, 1.82) is 0 Å². The van der Waals surface area contributed by atoms with Gasteiger partial charge < -0.3 is 5.73 Å². The lowest BCUT2D eigenvalue weighted by atomic mass is 9.99. The molecule has 104 valence electrons. The Hall–Kier alpha value is -0.960. The molecule has 0 spiro atoms. The number of hydrogen-bond donors (Lipinski definition) is 1. The Balaban J connectivity index is 1.59. The maximum atomic E-state index is 6.32. The van der Waals surface area contributed by atoms with Crippen LogP contribution in [0, 0.1) is 0 Å². The minimum absolute atomic E-state index is 0.168. The summed E-state index contributed by atoms with van der Waals surface area (Å²) < 4.78 is 0.